The van der Waals surface area contributed by atoms with E-state index in [9.17, 15) is 18.0 Å². The molecule has 2 aromatic carbocycles. The number of amides is 2. The molecule has 0 spiro atoms. The number of hydrogen-bond donors (Lipinski definition) is 1. The van der Waals surface area contributed by atoms with Gasteiger partial charge in [-0.3, -0.25) is 13.9 Å². The van der Waals surface area contributed by atoms with Gasteiger partial charge in [-0.15, -0.1) is 0 Å². The van der Waals surface area contributed by atoms with E-state index >= 15 is 0 Å². The molecule has 5 aliphatic carbocycles. The molecule has 0 radical (unpaired) electrons. The number of carbonyl (C=O) groups excluding carboxylic acids is 2. The highest BCUT2D eigenvalue weighted by Crippen LogP contribution is 2.60. The SMILES string of the molecule is CCC(C(=O)NC1CCCCC1)N(Cc1cccc(OC)c1)C(=O)CN(c1ccc(C23CC4CC(CC(C4)C2)C3)cc1)S(C)(=O)=O. The number of nitrogens with one attached hydrogen (secondary N) is 1. The molecule has 5 fully saturated rings. The van der Waals surface area contributed by atoms with Gasteiger partial charge in [0.25, 0.3) is 0 Å². The molecule has 5 saturated carbocycles. The molecule has 4 bridgehead atoms. The lowest BCUT2D eigenvalue weighted by molar-refractivity contribution is -0.140. The summed E-state index contributed by atoms with van der Waals surface area (Å²) < 4.78 is 33.1. The zero-order chi connectivity index (χ0) is 32.5. The maximum Gasteiger partial charge on any atom is 0.244 e. The molecule has 0 aliphatic heterocycles. The Morgan fingerprint density at radius 1 is 0.957 bits per heavy atom. The highest BCUT2D eigenvalue weighted by Gasteiger charge is 2.51. The Bertz CT molecular complexity index is 1470. The first kappa shape index (κ1) is 32.9. The van der Waals surface area contributed by atoms with Gasteiger partial charge in [0.2, 0.25) is 21.8 Å². The largest absolute Gasteiger partial charge is 0.497 e. The van der Waals surface area contributed by atoms with Gasteiger partial charge in [0.15, 0.2) is 0 Å². The number of carbonyl (C=O) groups is 2. The fourth-order valence-corrected chi connectivity index (χ4v) is 10.3. The number of rotatable bonds is 12. The lowest BCUT2D eigenvalue weighted by Crippen LogP contribution is -2.54. The first-order valence-electron chi connectivity index (χ1n) is 17.4. The molecular weight excluding hydrogens is 598 g/mol. The van der Waals surface area contributed by atoms with Gasteiger partial charge in [0.05, 0.1) is 19.1 Å². The summed E-state index contributed by atoms with van der Waals surface area (Å²) in [4.78, 5) is 29.5. The predicted molar refractivity (Wildman–Crippen MR) is 181 cm³/mol. The fraction of sp³-hybridized carbons (Fsp3) is 0.622. The second-order valence-corrected chi connectivity index (χ2v) is 16.6. The van der Waals surface area contributed by atoms with Crippen LogP contribution in [-0.4, -0.2) is 57.1 Å². The summed E-state index contributed by atoms with van der Waals surface area (Å²) in [6, 6.07) is 14.8. The highest BCUT2D eigenvalue weighted by molar-refractivity contribution is 7.92. The lowest BCUT2D eigenvalue weighted by Gasteiger charge is -2.57. The fourth-order valence-electron chi connectivity index (χ4n) is 9.49. The van der Waals surface area contributed by atoms with Crippen LogP contribution in [0.15, 0.2) is 48.5 Å². The minimum absolute atomic E-state index is 0.101. The highest BCUT2D eigenvalue weighted by atomic mass is 32.2. The molecule has 2 amide bonds. The van der Waals surface area contributed by atoms with Crippen LogP contribution >= 0.6 is 0 Å². The Kier molecular flexibility index (Phi) is 9.70. The second-order valence-electron chi connectivity index (χ2n) is 14.7. The molecule has 0 aromatic heterocycles. The van der Waals surface area contributed by atoms with Gasteiger partial charge in [-0.25, -0.2) is 8.42 Å². The average Bonchev–Trinajstić information content (AvgIpc) is 3.03. The van der Waals surface area contributed by atoms with Crippen molar-refractivity contribution in [2.45, 2.75) is 108 Å². The lowest BCUT2D eigenvalue weighted by atomic mass is 9.48. The number of nitrogens with zero attached hydrogens (tertiary/aromatic N) is 2. The van der Waals surface area contributed by atoms with Gasteiger partial charge in [0.1, 0.15) is 18.3 Å². The van der Waals surface area contributed by atoms with Gasteiger partial charge in [-0.05, 0) is 116 Å². The summed E-state index contributed by atoms with van der Waals surface area (Å²) in [5.41, 5.74) is 2.79. The summed E-state index contributed by atoms with van der Waals surface area (Å²) in [6.45, 7) is 1.68. The molecule has 9 heteroatoms. The van der Waals surface area contributed by atoms with Gasteiger partial charge >= 0.3 is 0 Å². The number of hydrogen-bond acceptors (Lipinski definition) is 5. The Morgan fingerprint density at radius 3 is 2.15 bits per heavy atom. The van der Waals surface area contributed by atoms with E-state index in [0.717, 1.165) is 55.3 Å². The van der Waals surface area contributed by atoms with E-state index in [1.807, 2.05) is 43.3 Å². The van der Waals surface area contributed by atoms with Crippen LogP contribution in [0.2, 0.25) is 0 Å². The maximum atomic E-state index is 14.2. The molecule has 1 atom stereocenters. The quantitative estimate of drug-likeness (QED) is 0.296. The molecular formula is C37H51N3O5S. The first-order valence-corrected chi connectivity index (χ1v) is 19.2. The van der Waals surface area contributed by atoms with Crippen LogP contribution in [0.3, 0.4) is 0 Å². The number of sulfonamides is 1. The third-order valence-electron chi connectivity index (χ3n) is 11.3. The Balaban J connectivity index is 1.25. The van der Waals surface area contributed by atoms with Crippen molar-refractivity contribution in [3.63, 3.8) is 0 Å². The standard InChI is InChI=1S/C37H51N3O5S/c1-4-34(36(42)38-31-10-6-5-7-11-31)39(24-26-9-8-12-33(20-26)45-2)35(41)25-40(46(3,43)44)32-15-13-30(14-16-32)37-21-27-17-28(22-37)19-29(18-27)23-37/h8-9,12-16,20,27-29,31,34H,4-7,10-11,17-19,21-25H2,1-3H3,(H,38,42). The molecule has 0 heterocycles. The van der Waals surface area contributed by atoms with Crippen molar-refractivity contribution in [2.24, 2.45) is 17.8 Å². The normalized spacial score (nSPS) is 26.4. The molecule has 8 nitrogen and oxygen atoms in total. The van der Waals surface area contributed by atoms with Crippen molar-refractivity contribution in [1.82, 2.24) is 10.2 Å². The van der Waals surface area contributed by atoms with Gasteiger partial charge in [0, 0.05) is 12.6 Å². The smallest absolute Gasteiger partial charge is 0.244 e. The topological polar surface area (TPSA) is 96.0 Å². The summed E-state index contributed by atoms with van der Waals surface area (Å²) in [5.74, 6) is 2.50. The zero-order valence-electron chi connectivity index (χ0n) is 27.7. The van der Waals surface area contributed by atoms with Crippen molar-refractivity contribution in [2.75, 3.05) is 24.2 Å². The van der Waals surface area contributed by atoms with Crippen LogP contribution in [-0.2, 0) is 31.6 Å². The summed E-state index contributed by atoms with van der Waals surface area (Å²) in [6.07, 6.45) is 14.6. The van der Waals surface area contributed by atoms with Crippen LogP contribution in [0.1, 0.15) is 95.1 Å². The average molecular weight is 650 g/mol. The Labute approximate surface area is 275 Å². The molecule has 46 heavy (non-hydrogen) atoms. The van der Waals surface area contributed by atoms with Gasteiger partial charge in [-0.2, -0.15) is 0 Å². The van der Waals surface area contributed by atoms with E-state index in [-0.39, 0.29) is 30.5 Å². The van der Waals surface area contributed by atoms with E-state index in [0.29, 0.717) is 17.9 Å². The van der Waals surface area contributed by atoms with E-state index in [1.54, 1.807) is 12.0 Å². The number of ether oxygens (including phenoxy) is 1. The van der Waals surface area contributed by atoms with Crippen molar-refractivity contribution in [3.8, 4) is 5.75 Å². The molecule has 2 aromatic rings. The summed E-state index contributed by atoms with van der Waals surface area (Å²) >= 11 is 0. The minimum Gasteiger partial charge on any atom is -0.497 e. The predicted octanol–water partition coefficient (Wildman–Crippen LogP) is 6.19. The molecule has 1 N–H and O–H groups in total. The molecule has 250 valence electrons. The number of benzene rings is 2. The van der Waals surface area contributed by atoms with Crippen LogP contribution in [0.4, 0.5) is 5.69 Å². The van der Waals surface area contributed by atoms with Crippen LogP contribution in [0.25, 0.3) is 0 Å². The Hall–Kier alpha value is -3.07. The summed E-state index contributed by atoms with van der Waals surface area (Å²) in [7, 11) is -2.21. The third-order valence-corrected chi connectivity index (χ3v) is 12.5. The third kappa shape index (κ3) is 7.09. The van der Waals surface area contributed by atoms with Gasteiger partial charge in [-0.1, -0.05) is 50.5 Å². The van der Waals surface area contributed by atoms with Crippen molar-refractivity contribution >= 4 is 27.5 Å². The van der Waals surface area contributed by atoms with E-state index in [1.165, 1.54) is 54.8 Å². The molecule has 1 unspecified atom stereocenters. The van der Waals surface area contributed by atoms with E-state index in [4.69, 9.17) is 4.74 Å². The second kappa shape index (κ2) is 13.6. The van der Waals surface area contributed by atoms with Crippen molar-refractivity contribution < 1.29 is 22.7 Å². The number of methoxy groups -OCH3 is 1. The number of anilines is 1. The van der Waals surface area contributed by atoms with Crippen LogP contribution in [0, 0.1) is 17.8 Å². The molecule has 0 saturated heterocycles. The maximum absolute atomic E-state index is 14.2. The van der Waals surface area contributed by atoms with E-state index in [2.05, 4.69) is 17.4 Å². The minimum atomic E-state index is -3.80. The van der Waals surface area contributed by atoms with Crippen LogP contribution in [0.5, 0.6) is 5.75 Å². The van der Waals surface area contributed by atoms with Crippen molar-refractivity contribution in [3.05, 3.63) is 59.7 Å². The van der Waals surface area contributed by atoms with E-state index < -0.39 is 22.0 Å². The molecule has 7 rings (SSSR count). The monoisotopic (exact) mass is 649 g/mol. The zero-order valence-corrected chi connectivity index (χ0v) is 28.6. The van der Waals surface area contributed by atoms with Crippen LogP contribution < -0.4 is 14.4 Å². The summed E-state index contributed by atoms with van der Waals surface area (Å²) in [5, 5.41) is 3.20. The van der Waals surface area contributed by atoms with Crippen molar-refractivity contribution in [1.29, 1.82) is 0 Å². The molecule has 5 aliphatic rings. The van der Waals surface area contributed by atoms with Gasteiger partial charge < -0.3 is 15.0 Å². The first-order chi connectivity index (χ1) is 22.1. The Morgan fingerprint density at radius 2 is 1.59 bits per heavy atom.